The van der Waals surface area contributed by atoms with Crippen LogP contribution in [0.4, 0.5) is 0 Å². The van der Waals surface area contributed by atoms with Gasteiger partial charge in [-0.2, -0.15) is 0 Å². The maximum Gasteiger partial charge on any atom is 0.337 e. The summed E-state index contributed by atoms with van der Waals surface area (Å²) in [5.74, 6) is -1.12. The summed E-state index contributed by atoms with van der Waals surface area (Å²) in [4.78, 5) is 12.6. The lowest BCUT2D eigenvalue weighted by molar-refractivity contribution is -0.156. The third kappa shape index (κ3) is 2.67. The number of nitrogens with zero attached hydrogens (tertiary/aromatic N) is 1. The first-order valence-corrected chi connectivity index (χ1v) is 4.75. The van der Waals surface area contributed by atoms with Crippen LogP contribution in [0.1, 0.15) is 12.8 Å². The number of aliphatic hydroxyl groups is 1. The highest BCUT2D eigenvalue weighted by molar-refractivity contribution is 5.77. The Morgan fingerprint density at radius 2 is 2.36 bits per heavy atom. The fourth-order valence-electron chi connectivity index (χ4n) is 1.67. The van der Waals surface area contributed by atoms with E-state index in [0.717, 1.165) is 13.0 Å². The standard InChI is InChI=1S/C9H17NO4/c1-14-6-2-4-10-5-3-9(13,7-10)8(11)12/h13H,2-7H2,1H3,(H,11,12). The molecule has 0 radical (unpaired) electrons. The molecule has 1 rings (SSSR count). The minimum Gasteiger partial charge on any atom is -0.479 e. The maximum atomic E-state index is 10.7. The number of carboxylic acid groups (broad SMARTS) is 1. The van der Waals surface area contributed by atoms with E-state index in [4.69, 9.17) is 9.84 Å². The average Bonchev–Trinajstić information content (AvgIpc) is 2.50. The lowest BCUT2D eigenvalue weighted by atomic mass is 10.0. The maximum absolute atomic E-state index is 10.7. The quantitative estimate of drug-likeness (QED) is 0.592. The number of methoxy groups -OCH3 is 1. The minimum atomic E-state index is -1.53. The van der Waals surface area contributed by atoms with Gasteiger partial charge in [0.25, 0.3) is 0 Å². The lowest BCUT2D eigenvalue weighted by Gasteiger charge is -2.18. The van der Waals surface area contributed by atoms with Crippen LogP contribution in [0.5, 0.6) is 0 Å². The number of aliphatic carboxylic acids is 1. The zero-order valence-corrected chi connectivity index (χ0v) is 8.40. The van der Waals surface area contributed by atoms with Gasteiger partial charge in [-0.3, -0.25) is 4.90 Å². The highest BCUT2D eigenvalue weighted by atomic mass is 16.5. The van der Waals surface area contributed by atoms with E-state index >= 15 is 0 Å². The monoisotopic (exact) mass is 203 g/mol. The van der Waals surface area contributed by atoms with Gasteiger partial charge in [-0.25, -0.2) is 4.79 Å². The second-order valence-electron chi connectivity index (χ2n) is 3.71. The Kier molecular flexibility index (Phi) is 3.86. The molecule has 1 saturated heterocycles. The van der Waals surface area contributed by atoms with Crippen molar-refractivity contribution in [1.29, 1.82) is 0 Å². The molecule has 5 heteroatoms. The fraction of sp³-hybridized carbons (Fsp3) is 0.889. The molecule has 0 saturated carbocycles. The SMILES string of the molecule is COCCCN1CCC(O)(C(=O)O)C1. The third-order valence-electron chi connectivity index (χ3n) is 2.55. The van der Waals surface area contributed by atoms with E-state index in [1.807, 2.05) is 4.90 Å². The first-order valence-electron chi connectivity index (χ1n) is 4.75. The van der Waals surface area contributed by atoms with E-state index in [1.54, 1.807) is 7.11 Å². The van der Waals surface area contributed by atoms with Crippen LogP contribution in [-0.4, -0.2) is 60.0 Å². The van der Waals surface area contributed by atoms with E-state index in [0.29, 0.717) is 19.6 Å². The number of β-amino-alcohol motifs (C(OH)–C–C–N with tert-alkyl or cyclic N) is 1. The molecule has 0 bridgehead atoms. The molecule has 82 valence electrons. The molecule has 0 aliphatic carbocycles. The predicted molar refractivity (Wildman–Crippen MR) is 50.1 cm³/mol. The van der Waals surface area contributed by atoms with Crippen LogP contribution in [0.15, 0.2) is 0 Å². The molecule has 0 spiro atoms. The van der Waals surface area contributed by atoms with Crippen molar-refractivity contribution in [1.82, 2.24) is 4.90 Å². The highest BCUT2D eigenvalue weighted by Gasteiger charge is 2.42. The van der Waals surface area contributed by atoms with Crippen LogP contribution < -0.4 is 0 Å². The minimum absolute atomic E-state index is 0.228. The zero-order valence-electron chi connectivity index (χ0n) is 8.40. The van der Waals surface area contributed by atoms with Crippen molar-refractivity contribution in [2.75, 3.05) is 33.4 Å². The van der Waals surface area contributed by atoms with Crippen LogP contribution >= 0.6 is 0 Å². The Morgan fingerprint density at radius 1 is 1.64 bits per heavy atom. The molecule has 0 amide bonds. The molecule has 2 N–H and O–H groups in total. The number of rotatable bonds is 5. The van der Waals surface area contributed by atoms with Gasteiger partial charge in [0, 0.05) is 39.8 Å². The van der Waals surface area contributed by atoms with Gasteiger partial charge in [-0.05, 0) is 6.42 Å². The van der Waals surface area contributed by atoms with Gasteiger partial charge >= 0.3 is 5.97 Å². The molecule has 1 atom stereocenters. The van der Waals surface area contributed by atoms with Gasteiger partial charge in [0.1, 0.15) is 0 Å². The normalized spacial score (nSPS) is 28.1. The molecule has 1 aliphatic rings. The molecule has 14 heavy (non-hydrogen) atoms. The number of hydrogen-bond donors (Lipinski definition) is 2. The second-order valence-corrected chi connectivity index (χ2v) is 3.71. The van der Waals surface area contributed by atoms with Crippen molar-refractivity contribution in [3.8, 4) is 0 Å². The molecular formula is C9H17NO4. The van der Waals surface area contributed by atoms with E-state index in [1.165, 1.54) is 0 Å². The van der Waals surface area contributed by atoms with Crippen molar-refractivity contribution in [3.63, 3.8) is 0 Å². The molecule has 1 fully saturated rings. The molecule has 0 aromatic heterocycles. The molecule has 0 aromatic rings. The Hall–Kier alpha value is -0.650. The summed E-state index contributed by atoms with van der Waals surface area (Å²) in [6.07, 6.45) is 1.18. The third-order valence-corrected chi connectivity index (χ3v) is 2.55. The van der Waals surface area contributed by atoms with Gasteiger partial charge in [-0.1, -0.05) is 0 Å². The van der Waals surface area contributed by atoms with Crippen molar-refractivity contribution < 1.29 is 19.7 Å². The van der Waals surface area contributed by atoms with E-state index in [9.17, 15) is 9.90 Å². The Morgan fingerprint density at radius 3 is 2.86 bits per heavy atom. The average molecular weight is 203 g/mol. The first-order chi connectivity index (χ1) is 6.58. The summed E-state index contributed by atoms with van der Waals surface area (Å²) in [5.41, 5.74) is -1.53. The van der Waals surface area contributed by atoms with Gasteiger partial charge in [0.05, 0.1) is 0 Å². The smallest absolute Gasteiger partial charge is 0.337 e. The van der Waals surface area contributed by atoms with Gasteiger partial charge < -0.3 is 14.9 Å². The largest absolute Gasteiger partial charge is 0.479 e. The van der Waals surface area contributed by atoms with E-state index in [-0.39, 0.29) is 6.54 Å². The highest BCUT2D eigenvalue weighted by Crippen LogP contribution is 2.21. The number of ether oxygens (including phenoxy) is 1. The van der Waals surface area contributed by atoms with Crippen molar-refractivity contribution >= 4 is 5.97 Å². The molecule has 1 heterocycles. The second kappa shape index (κ2) is 4.72. The predicted octanol–water partition coefficient (Wildman–Crippen LogP) is -0.456. The zero-order chi connectivity index (χ0) is 10.6. The summed E-state index contributed by atoms with van der Waals surface area (Å²) < 4.78 is 4.90. The van der Waals surface area contributed by atoms with Gasteiger partial charge in [-0.15, -0.1) is 0 Å². The van der Waals surface area contributed by atoms with Crippen molar-refractivity contribution in [2.24, 2.45) is 0 Å². The number of likely N-dealkylation sites (tertiary alicyclic amines) is 1. The Labute approximate surface area is 83.3 Å². The summed E-state index contributed by atoms with van der Waals surface area (Å²) >= 11 is 0. The van der Waals surface area contributed by atoms with Crippen LogP contribution in [0.2, 0.25) is 0 Å². The topological polar surface area (TPSA) is 70.0 Å². The van der Waals surface area contributed by atoms with E-state index < -0.39 is 11.6 Å². The summed E-state index contributed by atoms with van der Waals surface area (Å²) in [7, 11) is 1.64. The van der Waals surface area contributed by atoms with Crippen molar-refractivity contribution in [2.45, 2.75) is 18.4 Å². The van der Waals surface area contributed by atoms with E-state index in [2.05, 4.69) is 0 Å². The lowest BCUT2D eigenvalue weighted by Crippen LogP contribution is -2.41. The van der Waals surface area contributed by atoms with Gasteiger partial charge in [0.2, 0.25) is 0 Å². The molecule has 5 nitrogen and oxygen atoms in total. The number of carbonyl (C=O) groups is 1. The summed E-state index contributed by atoms with van der Waals surface area (Å²) in [6.45, 7) is 2.32. The molecule has 0 aromatic carbocycles. The summed E-state index contributed by atoms with van der Waals surface area (Å²) in [5, 5.41) is 18.4. The summed E-state index contributed by atoms with van der Waals surface area (Å²) in [6, 6.07) is 0. The van der Waals surface area contributed by atoms with Crippen molar-refractivity contribution in [3.05, 3.63) is 0 Å². The van der Waals surface area contributed by atoms with Crippen LogP contribution in [0.25, 0.3) is 0 Å². The fourth-order valence-corrected chi connectivity index (χ4v) is 1.67. The van der Waals surface area contributed by atoms with Crippen LogP contribution in [0, 0.1) is 0 Å². The van der Waals surface area contributed by atoms with Gasteiger partial charge in [0.15, 0.2) is 5.60 Å². The molecular weight excluding hydrogens is 186 g/mol. The molecule has 1 aliphatic heterocycles. The first kappa shape index (κ1) is 11.4. The Bertz CT molecular complexity index is 209. The number of hydrogen-bond acceptors (Lipinski definition) is 4. The van der Waals surface area contributed by atoms with Crippen LogP contribution in [0.3, 0.4) is 0 Å². The Balaban J connectivity index is 2.30. The number of carboxylic acids is 1. The van der Waals surface area contributed by atoms with Crippen LogP contribution in [-0.2, 0) is 9.53 Å². The molecule has 1 unspecified atom stereocenters.